The Bertz CT molecular complexity index is 711. The summed E-state index contributed by atoms with van der Waals surface area (Å²) in [4.78, 5) is 12.1. The smallest absolute Gasteiger partial charge is 0.322 e. The standard InChI is InChI=1S/C13H15NO5S2/c1-8-5-12(20-9(8)2)21(17,18)14-11(13(15)16)6-10-3-4-19-7-10/h3-5,7,11,14H,6H2,1-2H3,(H,15,16). The van der Waals surface area contributed by atoms with Gasteiger partial charge in [0, 0.05) is 11.3 Å². The number of nitrogens with one attached hydrogen (secondary N) is 1. The molecule has 114 valence electrons. The fraction of sp³-hybridized carbons (Fsp3) is 0.308. The van der Waals surface area contributed by atoms with E-state index in [2.05, 4.69) is 4.72 Å². The highest BCUT2D eigenvalue weighted by molar-refractivity contribution is 7.91. The number of rotatable bonds is 6. The van der Waals surface area contributed by atoms with Crippen LogP contribution in [0.5, 0.6) is 0 Å². The molecule has 2 aromatic heterocycles. The van der Waals surface area contributed by atoms with Gasteiger partial charge in [-0.05, 0) is 37.1 Å². The molecule has 0 aliphatic carbocycles. The first-order chi connectivity index (χ1) is 9.79. The summed E-state index contributed by atoms with van der Waals surface area (Å²) in [7, 11) is -3.85. The topological polar surface area (TPSA) is 96.6 Å². The van der Waals surface area contributed by atoms with E-state index in [0.29, 0.717) is 5.56 Å². The first-order valence-electron chi connectivity index (χ1n) is 6.13. The summed E-state index contributed by atoms with van der Waals surface area (Å²) >= 11 is 1.12. The van der Waals surface area contributed by atoms with Gasteiger partial charge in [-0.2, -0.15) is 4.72 Å². The van der Waals surface area contributed by atoms with Crippen LogP contribution in [0.25, 0.3) is 0 Å². The molecule has 6 nitrogen and oxygen atoms in total. The van der Waals surface area contributed by atoms with E-state index in [4.69, 9.17) is 4.42 Å². The van der Waals surface area contributed by atoms with Crippen LogP contribution in [-0.4, -0.2) is 25.5 Å². The minimum Gasteiger partial charge on any atom is -0.480 e. The Morgan fingerprint density at radius 2 is 2.19 bits per heavy atom. The molecule has 0 bridgehead atoms. The number of thiophene rings is 1. The van der Waals surface area contributed by atoms with Crippen LogP contribution in [0.4, 0.5) is 0 Å². The third-order valence-corrected chi connectivity index (χ3v) is 6.12. The van der Waals surface area contributed by atoms with E-state index < -0.39 is 22.0 Å². The zero-order valence-electron chi connectivity index (χ0n) is 11.5. The van der Waals surface area contributed by atoms with Gasteiger partial charge in [0.2, 0.25) is 0 Å². The Labute approximate surface area is 126 Å². The second-order valence-corrected chi connectivity index (χ2v) is 7.85. The van der Waals surface area contributed by atoms with Crippen LogP contribution in [0.3, 0.4) is 0 Å². The van der Waals surface area contributed by atoms with Gasteiger partial charge >= 0.3 is 5.97 Å². The third-order valence-electron chi connectivity index (χ3n) is 3.02. The Kier molecular flexibility index (Phi) is 4.50. The summed E-state index contributed by atoms with van der Waals surface area (Å²) in [5.41, 5.74) is 1.48. The SMILES string of the molecule is Cc1cc(S(=O)(=O)NC(Cc2ccoc2)C(=O)O)sc1C. The zero-order valence-corrected chi connectivity index (χ0v) is 13.1. The van der Waals surface area contributed by atoms with Crippen molar-refractivity contribution in [1.29, 1.82) is 0 Å². The molecule has 0 aliphatic rings. The molecular weight excluding hydrogens is 314 g/mol. The molecule has 0 saturated carbocycles. The Balaban J connectivity index is 2.21. The van der Waals surface area contributed by atoms with E-state index in [-0.39, 0.29) is 10.6 Å². The van der Waals surface area contributed by atoms with E-state index in [1.165, 1.54) is 12.5 Å². The second-order valence-electron chi connectivity index (χ2n) is 4.65. The lowest BCUT2D eigenvalue weighted by Gasteiger charge is -2.13. The van der Waals surface area contributed by atoms with Crippen LogP contribution in [0.2, 0.25) is 0 Å². The molecule has 1 atom stereocenters. The van der Waals surface area contributed by atoms with E-state index >= 15 is 0 Å². The van der Waals surface area contributed by atoms with E-state index in [1.807, 2.05) is 13.8 Å². The number of aliphatic carboxylic acids is 1. The monoisotopic (exact) mass is 329 g/mol. The number of carboxylic acid groups (broad SMARTS) is 1. The maximum atomic E-state index is 12.3. The molecule has 0 spiro atoms. The predicted molar refractivity (Wildman–Crippen MR) is 78.0 cm³/mol. The number of carboxylic acids is 1. The van der Waals surface area contributed by atoms with Gasteiger partial charge in [0.25, 0.3) is 10.0 Å². The van der Waals surface area contributed by atoms with Crippen LogP contribution < -0.4 is 4.72 Å². The van der Waals surface area contributed by atoms with Crippen molar-refractivity contribution in [3.8, 4) is 0 Å². The molecule has 2 N–H and O–H groups in total. The van der Waals surface area contributed by atoms with Gasteiger partial charge in [0.15, 0.2) is 0 Å². The molecule has 8 heteroatoms. The van der Waals surface area contributed by atoms with Crippen molar-refractivity contribution < 1.29 is 22.7 Å². The lowest BCUT2D eigenvalue weighted by Crippen LogP contribution is -2.41. The number of aryl methyl sites for hydroxylation is 2. The Morgan fingerprint density at radius 1 is 1.48 bits per heavy atom. The van der Waals surface area contributed by atoms with Crippen LogP contribution in [0, 0.1) is 13.8 Å². The minimum absolute atomic E-state index is 0.0222. The van der Waals surface area contributed by atoms with E-state index in [0.717, 1.165) is 21.8 Å². The summed E-state index contributed by atoms with van der Waals surface area (Å²) < 4.78 is 31.7. The fourth-order valence-corrected chi connectivity index (χ4v) is 4.46. The number of sulfonamides is 1. The molecule has 0 fully saturated rings. The maximum Gasteiger partial charge on any atom is 0.322 e. The van der Waals surface area contributed by atoms with Crippen molar-refractivity contribution in [3.63, 3.8) is 0 Å². The maximum absolute atomic E-state index is 12.3. The average Bonchev–Trinajstić information content (AvgIpc) is 3.00. The second kappa shape index (κ2) is 6.00. The molecule has 2 aromatic rings. The van der Waals surface area contributed by atoms with Gasteiger partial charge in [-0.15, -0.1) is 11.3 Å². The highest BCUT2D eigenvalue weighted by atomic mass is 32.2. The van der Waals surface area contributed by atoms with Crippen molar-refractivity contribution >= 4 is 27.3 Å². The molecule has 0 radical (unpaired) electrons. The van der Waals surface area contributed by atoms with Gasteiger partial charge in [-0.25, -0.2) is 8.42 Å². The molecule has 2 heterocycles. The average molecular weight is 329 g/mol. The Hall–Kier alpha value is -1.64. The normalized spacial score (nSPS) is 13.2. The molecule has 0 aromatic carbocycles. The fourth-order valence-electron chi connectivity index (χ4n) is 1.74. The summed E-state index contributed by atoms with van der Waals surface area (Å²) in [6.45, 7) is 3.63. The van der Waals surface area contributed by atoms with Gasteiger partial charge in [-0.3, -0.25) is 4.79 Å². The molecule has 0 amide bonds. The van der Waals surface area contributed by atoms with Gasteiger partial charge < -0.3 is 9.52 Å². The van der Waals surface area contributed by atoms with Crippen molar-refractivity contribution in [2.24, 2.45) is 0 Å². The van der Waals surface area contributed by atoms with Crippen LogP contribution in [-0.2, 0) is 21.2 Å². The summed E-state index contributed by atoms with van der Waals surface area (Å²) in [5.74, 6) is -1.23. The van der Waals surface area contributed by atoms with Crippen molar-refractivity contribution in [3.05, 3.63) is 40.7 Å². The summed E-state index contributed by atoms with van der Waals surface area (Å²) in [6.07, 6.45) is 2.83. The predicted octanol–water partition coefficient (Wildman–Crippen LogP) is 1.93. The molecule has 21 heavy (non-hydrogen) atoms. The minimum atomic E-state index is -3.85. The molecule has 0 saturated heterocycles. The largest absolute Gasteiger partial charge is 0.480 e. The molecule has 2 rings (SSSR count). The van der Waals surface area contributed by atoms with Crippen molar-refractivity contribution in [2.45, 2.75) is 30.5 Å². The number of hydrogen-bond acceptors (Lipinski definition) is 5. The van der Waals surface area contributed by atoms with Crippen LogP contribution >= 0.6 is 11.3 Å². The number of furan rings is 1. The number of hydrogen-bond donors (Lipinski definition) is 2. The first-order valence-corrected chi connectivity index (χ1v) is 8.43. The number of carbonyl (C=O) groups is 1. The highest BCUT2D eigenvalue weighted by Gasteiger charge is 2.27. The lowest BCUT2D eigenvalue weighted by molar-refractivity contribution is -0.138. The molecule has 0 aliphatic heterocycles. The van der Waals surface area contributed by atoms with E-state index in [1.54, 1.807) is 12.1 Å². The molecule has 1 unspecified atom stereocenters. The van der Waals surface area contributed by atoms with Crippen LogP contribution in [0.15, 0.2) is 33.3 Å². The quantitative estimate of drug-likeness (QED) is 0.844. The third kappa shape index (κ3) is 3.72. The zero-order chi connectivity index (χ0) is 15.6. The highest BCUT2D eigenvalue weighted by Crippen LogP contribution is 2.25. The summed E-state index contributed by atoms with van der Waals surface area (Å²) in [5, 5.41) is 9.19. The van der Waals surface area contributed by atoms with Crippen LogP contribution in [0.1, 0.15) is 16.0 Å². The van der Waals surface area contributed by atoms with Gasteiger partial charge in [-0.1, -0.05) is 0 Å². The molecular formula is C13H15NO5S2. The lowest BCUT2D eigenvalue weighted by atomic mass is 10.1. The van der Waals surface area contributed by atoms with Gasteiger partial charge in [0.05, 0.1) is 12.5 Å². The van der Waals surface area contributed by atoms with E-state index in [9.17, 15) is 18.3 Å². The van der Waals surface area contributed by atoms with Crippen molar-refractivity contribution in [2.75, 3.05) is 0 Å². The van der Waals surface area contributed by atoms with Crippen molar-refractivity contribution in [1.82, 2.24) is 4.72 Å². The summed E-state index contributed by atoms with van der Waals surface area (Å²) in [6, 6.07) is 1.90. The Morgan fingerprint density at radius 3 is 2.67 bits per heavy atom. The van der Waals surface area contributed by atoms with Gasteiger partial charge in [0.1, 0.15) is 10.3 Å². The first kappa shape index (κ1) is 15.7.